The molecule has 3 heteroatoms. The summed E-state index contributed by atoms with van der Waals surface area (Å²) in [6.07, 6.45) is 5.06. The van der Waals surface area contributed by atoms with E-state index in [0.717, 1.165) is 25.4 Å². The van der Waals surface area contributed by atoms with Crippen LogP contribution in [-0.2, 0) is 0 Å². The average Bonchev–Trinajstić information content (AvgIpc) is 2.12. The van der Waals surface area contributed by atoms with E-state index in [-0.39, 0.29) is 6.67 Å². The van der Waals surface area contributed by atoms with E-state index in [2.05, 4.69) is 13.8 Å². The van der Waals surface area contributed by atoms with E-state index in [0.29, 0.717) is 27.3 Å². The zero-order valence-corrected chi connectivity index (χ0v) is 10.4. The lowest BCUT2D eigenvalue weighted by Crippen LogP contribution is -1.96. The normalized spacial score (nSPS) is 14.4. The highest BCUT2D eigenvalue weighted by atomic mass is 31.1. The molecule has 0 amide bonds. The second kappa shape index (κ2) is 9.83. The summed E-state index contributed by atoms with van der Waals surface area (Å²) in [6.45, 7) is 4.07. The average molecular weight is 224 g/mol. The molecule has 0 rings (SSSR count). The number of hydrogen-bond donors (Lipinski definition) is 0. The van der Waals surface area contributed by atoms with Crippen molar-refractivity contribution in [2.75, 3.05) is 12.8 Å². The Hall–Kier alpha value is 0.290. The topological polar surface area (TPSA) is 0 Å². The van der Waals surface area contributed by atoms with Crippen molar-refractivity contribution in [2.24, 2.45) is 5.92 Å². The zero-order chi connectivity index (χ0) is 10.8. The van der Waals surface area contributed by atoms with Gasteiger partial charge in [0.15, 0.2) is 0 Å². The van der Waals surface area contributed by atoms with Gasteiger partial charge in [-0.1, -0.05) is 35.3 Å². The Kier molecular flexibility index (Phi) is 10.0. The maximum absolute atomic E-state index is 13.2. The summed E-state index contributed by atoms with van der Waals surface area (Å²) in [5, 5.41) is 0. The molecule has 0 N–H and O–H groups in total. The number of alkyl halides is 2. The molecule has 2 unspecified atom stereocenters. The van der Waals surface area contributed by atoms with Gasteiger partial charge < -0.3 is 0 Å². The van der Waals surface area contributed by atoms with Crippen LogP contribution in [0.25, 0.3) is 0 Å². The molecule has 0 heterocycles. The monoisotopic (exact) mass is 224 g/mol. The van der Waals surface area contributed by atoms with Crippen LogP contribution in [-0.4, -0.2) is 18.7 Å². The Morgan fingerprint density at radius 2 is 1.79 bits per heavy atom. The van der Waals surface area contributed by atoms with Crippen LogP contribution in [0.5, 0.6) is 0 Å². The van der Waals surface area contributed by atoms with Gasteiger partial charge >= 0.3 is 0 Å². The minimum atomic E-state index is -0.631. The Balaban J connectivity index is 3.15. The summed E-state index contributed by atoms with van der Waals surface area (Å²) in [5.74, 6) is 0.0506. The molecule has 14 heavy (non-hydrogen) atoms. The standard InChI is InChI=1S/C11H23F2P/c1-10(2)7-9-14-11(13)6-4-3-5-8-12/h10-11,14H,3-9H2,1-2H3. The Morgan fingerprint density at radius 3 is 2.36 bits per heavy atom. The van der Waals surface area contributed by atoms with Gasteiger partial charge in [-0.25, -0.2) is 4.39 Å². The van der Waals surface area contributed by atoms with Gasteiger partial charge in [0.25, 0.3) is 0 Å². The quantitative estimate of drug-likeness (QED) is 0.398. The summed E-state index contributed by atoms with van der Waals surface area (Å²) in [4.78, 5) is 0. The van der Waals surface area contributed by atoms with E-state index < -0.39 is 5.91 Å². The molecule has 0 aliphatic rings. The second-order valence-corrected chi connectivity index (χ2v) is 5.68. The molecule has 0 nitrogen and oxygen atoms in total. The number of rotatable bonds is 9. The van der Waals surface area contributed by atoms with Gasteiger partial charge in [-0.05, 0) is 31.3 Å². The lowest BCUT2D eigenvalue weighted by Gasteiger charge is -2.09. The summed E-state index contributed by atoms with van der Waals surface area (Å²) in [7, 11) is 0.450. The Labute approximate surface area is 88.6 Å². The van der Waals surface area contributed by atoms with Crippen molar-refractivity contribution in [1.82, 2.24) is 0 Å². The molecule has 0 saturated carbocycles. The highest BCUT2D eigenvalue weighted by Gasteiger charge is 2.05. The molecule has 86 valence electrons. The minimum absolute atomic E-state index is 0.257. The molecule has 0 aliphatic carbocycles. The minimum Gasteiger partial charge on any atom is -0.251 e. The molecule has 0 radical (unpaired) electrons. The van der Waals surface area contributed by atoms with Gasteiger partial charge in [0.05, 0.1) is 6.67 Å². The molecular formula is C11H23F2P. The van der Waals surface area contributed by atoms with Crippen LogP contribution < -0.4 is 0 Å². The van der Waals surface area contributed by atoms with Crippen LogP contribution in [0.15, 0.2) is 0 Å². The maximum Gasteiger partial charge on any atom is 0.116 e. The second-order valence-electron chi connectivity index (χ2n) is 4.14. The third kappa shape index (κ3) is 10.4. The fourth-order valence-electron chi connectivity index (χ4n) is 1.23. The zero-order valence-electron chi connectivity index (χ0n) is 9.36. The summed E-state index contributed by atoms with van der Waals surface area (Å²) in [6, 6.07) is 0. The van der Waals surface area contributed by atoms with E-state index in [1.807, 2.05) is 0 Å². The first-order valence-corrected chi connectivity index (χ1v) is 6.88. The number of unbranched alkanes of at least 4 members (excludes halogenated alkanes) is 2. The van der Waals surface area contributed by atoms with Crippen LogP contribution in [0.3, 0.4) is 0 Å². The predicted molar refractivity (Wildman–Crippen MR) is 62.0 cm³/mol. The van der Waals surface area contributed by atoms with Gasteiger partial charge in [-0.15, -0.1) is 0 Å². The first-order valence-electron chi connectivity index (χ1n) is 5.60. The van der Waals surface area contributed by atoms with Gasteiger partial charge in [0.2, 0.25) is 0 Å². The predicted octanol–water partition coefficient (Wildman–Crippen LogP) is 4.54. The van der Waals surface area contributed by atoms with Crippen molar-refractivity contribution in [3.63, 3.8) is 0 Å². The molecule has 0 aromatic carbocycles. The molecule has 2 atom stereocenters. The van der Waals surface area contributed by atoms with Gasteiger partial charge in [0, 0.05) is 0 Å². The fraction of sp³-hybridized carbons (Fsp3) is 1.00. The highest BCUT2D eigenvalue weighted by molar-refractivity contribution is 7.38. The number of hydrogen-bond acceptors (Lipinski definition) is 0. The molecular weight excluding hydrogens is 201 g/mol. The summed E-state index contributed by atoms with van der Waals surface area (Å²) >= 11 is 0. The van der Waals surface area contributed by atoms with Crippen molar-refractivity contribution >= 4 is 8.58 Å². The fourth-order valence-corrected chi connectivity index (χ4v) is 2.69. The maximum atomic E-state index is 13.2. The van der Waals surface area contributed by atoms with E-state index in [4.69, 9.17) is 0 Å². The van der Waals surface area contributed by atoms with E-state index in [9.17, 15) is 8.78 Å². The Bertz CT molecular complexity index is 118. The molecule has 0 spiro atoms. The largest absolute Gasteiger partial charge is 0.251 e. The molecule has 0 saturated heterocycles. The smallest absolute Gasteiger partial charge is 0.116 e. The Morgan fingerprint density at radius 1 is 1.07 bits per heavy atom. The van der Waals surface area contributed by atoms with E-state index >= 15 is 0 Å². The van der Waals surface area contributed by atoms with Gasteiger partial charge in [-0.2, -0.15) is 0 Å². The van der Waals surface area contributed by atoms with Gasteiger partial charge in [0.1, 0.15) is 5.91 Å². The summed E-state index contributed by atoms with van der Waals surface area (Å²) in [5.41, 5.74) is 0. The third-order valence-electron chi connectivity index (χ3n) is 2.18. The SMILES string of the molecule is CC(C)CCPC(F)CCCCCF. The first-order chi connectivity index (χ1) is 6.66. The van der Waals surface area contributed by atoms with Crippen LogP contribution in [0.4, 0.5) is 8.78 Å². The van der Waals surface area contributed by atoms with Crippen molar-refractivity contribution in [1.29, 1.82) is 0 Å². The first kappa shape index (κ1) is 14.3. The van der Waals surface area contributed by atoms with Crippen LogP contribution >= 0.6 is 8.58 Å². The molecule has 0 bridgehead atoms. The lowest BCUT2D eigenvalue weighted by atomic mass is 10.2. The van der Waals surface area contributed by atoms with Crippen LogP contribution in [0, 0.1) is 5.92 Å². The van der Waals surface area contributed by atoms with Gasteiger partial charge in [-0.3, -0.25) is 4.39 Å². The molecule has 0 aromatic rings. The van der Waals surface area contributed by atoms with Crippen molar-refractivity contribution < 1.29 is 8.78 Å². The van der Waals surface area contributed by atoms with E-state index in [1.54, 1.807) is 0 Å². The lowest BCUT2D eigenvalue weighted by molar-refractivity contribution is 0.395. The molecule has 0 aliphatic heterocycles. The molecule has 0 aromatic heterocycles. The summed E-state index contributed by atoms with van der Waals surface area (Å²) < 4.78 is 24.9. The third-order valence-corrected chi connectivity index (χ3v) is 3.49. The van der Waals surface area contributed by atoms with Crippen molar-refractivity contribution in [3.05, 3.63) is 0 Å². The number of halogens is 2. The van der Waals surface area contributed by atoms with Crippen molar-refractivity contribution in [3.8, 4) is 0 Å². The van der Waals surface area contributed by atoms with Crippen LogP contribution in [0.1, 0.15) is 46.0 Å². The molecule has 0 fully saturated rings. The highest BCUT2D eigenvalue weighted by Crippen LogP contribution is 2.27. The van der Waals surface area contributed by atoms with Crippen LogP contribution in [0.2, 0.25) is 0 Å². The van der Waals surface area contributed by atoms with Crippen molar-refractivity contribution in [2.45, 2.75) is 51.9 Å². The van der Waals surface area contributed by atoms with E-state index in [1.165, 1.54) is 0 Å².